The Labute approximate surface area is 143 Å². The third-order valence-electron chi connectivity index (χ3n) is 3.92. The van der Waals surface area contributed by atoms with E-state index < -0.39 is 17.3 Å². The number of carboxylic acids is 1. The van der Waals surface area contributed by atoms with Crippen LogP contribution in [0, 0.1) is 5.41 Å². The minimum atomic E-state index is -0.927. The van der Waals surface area contributed by atoms with E-state index >= 15 is 0 Å². The SMILES string of the molecule is CC1(C(=O)O)CCN(C(=O)CNC(=O)c2ccc(Cl)c(Cl)c2)C1. The topological polar surface area (TPSA) is 86.7 Å². The van der Waals surface area contributed by atoms with Gasteiger partial charge in [-0.1, -0.05) is 23.2 Å². The normalized spacial score (nSPS) is 20.4. The van der Waals surface area contributed by atoms with Crippen molar-refractivity contribution in [1.29, 1.82) is 0 Å². The van der Waals surface area contributed by atoms with Crippen LogP contribution in [0.15, 0.2) is 18.2 Å². The Hall–Kier alpha value is -1.79. The number of carbonyl (C=O) groups is 3. The Morgan fingerprint density at radius 1 is 1.30 bits per heavy atom. The predicted octanol–water partition coefficient (Wildman–Crippen LogP) is 2.05. The summed E-state index contributed by atoms with van der Waals surface area (Å²) in [5.41, 5.74) is -0.632. The van der Waals surface area contributed by atoms with Crippen LogP contribution >= 0.6 is 23.2 Å². The summed E-state index contributed by atoms with van der Waals surface area (Å²) in [5.74, 6) is -1.69. The molecule has 0 spiro atoms. The van der Waals surface area contributed by atoms with Crippen LogP contribution in [0.3, 0.4) is 0 Å². The highest BCUT2D eigenvalue weighted by Gasteiger charge is 2.41. The molecule has 0 radical (unpaired) electrons. The van der Waals surface area contributed by atoms with E-state index in [2.05, 4.69) is 5.32 Å². The molecule has 1 aromatic carbocycles. The van der Waals surface area contributed by atoms with E-state index in [9.17, 15) is 14.4 Å². The molecule has 2 amide bonds. The van der Waals surface area contributed by atoms with Gasteiger partial charge in [0.15, 0.2) is 0 Å². The molecule has 1 unspecified atom stereocenters. The van der Waals surface area contributed by atoms with Crippen LogP contribution in [-0.4, -0.2) is 47.4 Å². The molecule has 6 nitrogen and oxygen atoms in total. The summed E-state index contributed by atoms with van der Waals surface area (Å²) in [4.78, 5) is 36.7. The first-order valence-corrected chi connectivity index (χ1v) is 7.73. The maximum atomic E-state index is 12.1. The first kappa shape index (κ1) is 17.6. The fourth-order valence-corrected chi connectivity index (χ4v) is 2.65. The van der Waals surface area contributed by atoms with E-state index in [1.54, 1.807) is 6.92 Å². The Balaban J connectivity index is 1.91. The van der Waals surface area contributed by atoms with Crippen molar-refractivity contribution in [3.63, 3.8) is 0 Å². The zero-order chi connectivity index (χ0) is 17.2. The van der Waals surface area contributed by atoms with E-state index in [4.69, 9.17) is 28.3 Å². The highest BCUT2D eigenvalue weighted by molar-refractivity contribution is 6.42. The van der Waals surface area contributed by atoms with Gasteiger partial charge in [0.1, 0.15) is 0 Å². The molecule has 1 atom stereocenters. The van der Waals surface area contributed by atoms with Gasteiger partial charge < -0.3 is 15.3 Å². The molecule has 1 aromatic rings. The molecule has 0 bridgehead atoms. The minimum absolute atomic E-state index is 0.143. The maximum Gasteiger partial charge on any atom is 0.311 e. The number of rotatable bonds is 4. The average Bonchev–Trinajstić information content (AvgIpc) is 2.91. The zero-order valence-electron chi connectivity index (χ0n) is 12.4. The minimum Gasteiger partial charge on any atom is -0.481 e. The lowest BCUT2D eigenvalue weighted by atomic mass is 9.90. The molecule has 1 heterocycles. The third-order valence-corrected chi connectivity index (χ3v) is 4.66. The Bertz CT molecular complexity index is 665. The number of carbonyl (C=O) groups excluding carboxylic acids is 2. The van der Waals surface area contributed by atoms with Gasteiger partial charge in [-0.25, -0.2) is 0 Å². The highest BCUT2D eigenvalue weighted by Crippen LogP contribution is 2.30. The molecular weight excluding hydrogens is 343 g/mol. The van der Waals surface area contributed by atoms with Gasteiger partial charge in [-0.3, -0.25) is 14.4 Å². The van der Waals surface area contributed by atoms with E-state index in [1.165, 1.54) is 23.1 Å². The number of nitrogens with zero attached hydrogens (tertiary/aromatic N) is 1. The lowest BCUT2D eigenvalue weighted by molar-refractivity contribution is -0.147. The summed E-state index contributed by atoms with van der Waals surface area (Å²) in [6.07, 6.45) is 0.398. The second-order valence-corrected chi connectivity index (χ2v) is 6.56. The van der Waals surface area contributed by atoms with Gasteiger partial charge in [0, 0.05) is 18.7 Å². The van der Waals surface area contributed by atoms with Gasteiger partial charge in [0.2, 0.25) is 5.91 Å². The van der Waals surface area contributed by atoms with Crippen molar-refractivity contribution in [3.05, 3.63) is 33.8 Å². The largest absolute Gasteiger partial charge is 0.481 e. The molecule has 0 saturated carbocycles. The molecule has 23 heavy (non-hydrogen) atoms. The lowest BCUT2D eigenvalue weighted by Crippen LogP contribution is -2.41. The fraction of sp³-hybridized carbons (Fsp3) is 0.400. The highest BCUT2D eigenvalue weighted by atomic mass is 35.5. The Morgan fingerprint density at radius 2 is 2.00 bits per heavy atom. The van der Waals surface area contributed by atoms with Gasteiger partial charge >= 0.3 is 5.97 Å². The number of nitrogens with one attached hydrogen (secondary N) is 1. The van der Waals surface area contributed by atoms with Gasteiger partial charge in [0.05, 0.1) is 22.0 Å². The number of hydrogen-bond acceptors (Lipinski definition) is 3. The summed E-state index contributed by atoms with van der Waals surface area (Å²) < 4.78 is 0. The van der Waals surface area contributed by atoms with Crippen molar-refractivity contribution < 1.29 is 19.5 Å². The van der Waals surface area contributed by atoms with Crippen LogP contribution in [-0.2, 0) is 9.59 Å². The second-order valence-electron chi connectivity index (χ2n) is 5.74. The standard InChI is InChI=1S/C15H16Cl2N2O4/c1-15(14(22)23)4-5-19(8-15)12(20)7-18-13(21)9-2-3-10(16)11(17)6-9/h2-3,6H,4-5,7-8H2,1H3,(H,18,21)(H,22,23). The second kappa shape index (κ2) is 6.76. The third kappa shape index (κ3) is 3.95. The zero-order valence-corrected chi connectivity index (χ0v) is 13.9. The van der Waals surface area contributed by atoms with E-state index in [-0.39, 0.29) is 24.0 Å². The number of amides is 2. The quantitative estimate of drug-likeness (QED) is 0.862. The molecule has 1 saturated heterocycles. The van der Waals surface area contributed by atoms with Crippen molar-refractivity contribution >= 4 is 41.0 Å². The van der Waals surface area contributed by atoms with Gasteiger partial charge in [-0.2, -0.15) is 0 Å². The van der Waals surface area contributed by atoms with Crippen molar-refractivity contribution in [3.8, 4) is 0 Å². The summed E-state index contributed by atoms with van der Waals surface area (Å²) >= 11 is 11.6. The molecule has 2 N–H and O–H groups in total. The smallest absolute Gasteiger partial charge is 0.311 e. The van der Waals surface area contributed by atoms with Crippen molar-refractivity contribution in [1.82, 2.24) is 10.2 Å². The molecule has 2 rings (SSSR count). The number of aliphatic carboxylic acids is 1. The van der Waals surface area contributed by atoms with Crippen LogP contribution in [0.2, 0.25) is 10.0 Å². The Morgan fingerprint density at radius 3 is 2.57 bits per heavy atom. The van der Waals surface area contributed by atoms with Gasteiger partial charge in [0.25, 0.3) is 5.91 Å². The number of likely N-dealkylation sites (tertiary alicyclic amines) is 1. The first-order chi connectivity index (χ1) is 10.7. The molecule has 124 valence electrons. The van der Waals surface area contributed by atoms with Gasteiger partial charge in [-0.15, -0.1) is 0 Å². The number of hydrogen-bond donors (Lipinski definition) is 2. The van der Waals surface area contributed by atoms with Crippen molar-refractivity contribution in [2.75, 3.05) is 19.6 Å². The maximum absolute atomic E-state index is 12.1. The van der Waals surface area contributed by atoms with E-state index in [0.717, 1.165) is 0 Å². The summed E-state index contributed by atoms with van der Waals surface area (Å²) in [7, 11) is 0. The summed E-state index contributed by atoms with van der Waals surface area (Å²) in [5, 5.41) is 12.2. The number of halogens is 2. The fourth-order valence-electron chi connectivity index (χ4n) is 2.36. The summed E-state index contributed by atoms with van der Waals surface area (Å²) in [6, 6.07) is 4.42. The monoisotopic (exact) mass is 358 g/mol. The van der Waals surface area contributed by atoms with Crippen LogP contribution in [0.1, 0.15) is 23.7 Å². The van der Waals surface area contributed by atoms with Crippen LogP contribution in [0.4, 0.5) is 0 Å². The molecule has 1 fully saturated rings. The van der Waals surface area contributed by atoms with Gasteiger partial charge in [-0.05, 0) is 31.5 Å². The van der Waals surface area contributed by atoms with Crippen LogP contribution < -0.4 is 5.32 Å². The molecule has 1 aliphatic heterocycles. The van der Waals surface area contributed by atoms with E-state index in [0.29, 0.717) is 23.6 Å². The molecule has 0 aliphatic carbocycles. The van der Waals surface area contributed by atoms with Crippen molar-refractivity contribution in [2.45, 2.75) is 13.3 Å². The average molecular weight is 359 g/mol. The van der Waals surface area contributed by atoms with E-state index in [1.807, 2.05) is 0 Å². The molecule has 8 heteroatoms. The number of carboxylic acid groups (broad SMARTS) is 1. The molecule has 1 aliphatic rings. The van der Waals surface area contributed by atoms with Crippen LogP contribution in [0.25, 0.3) is 0 Å². The lowest BCUT2D eigenvalue weighted by Gasteiger charge is -2.20. The first-order valence-electron chi connectivity index (χ1n) is 6.97. The van der Waals surface area contributed by atoms with Crippen molar-refractivity contribution in [2.24, 2.45) is 5.41 Å². The molecular formula is C15H16Cl2N2O4. The number of benzene rings is 1. The molecule has 0 aromatic heterocycles. The Kier molecular flexibility index (Phi) is 5.16. The summed E-state index contributed by atoms with van der Waals surface area (Å²) in [6.45, 7) is 1.92. The predicted molar refractivity (Wildman–Crippen MR) is 85.7 cm³/mol. The van der Waals surface area contributed by atoms with Crippen LogP contribution in [0.5, 0.6) is 0 Å².